The van der Waals surface area contributed by atoms with Crippen molar-refractivity contribution in [2.75, 3.05) is 33.4 Å². The Morgan fingerprint density at radius 2 is 2.07 bits per heavy atom. The van der Waals surface area contributed by atoms with Crippen molar-refractivity contribution in [3.8, 4) is 11.5 Å². The third-order valence-corrected chi connectivity index (χ3v) is 4.65. The van der Waals surface area contributed by atoms with Crippen LogP contribution in [0.25, 0.3) is 0 Å². The van der Waals surface area contributed by atoms with Crippen LogP contribution in [0.2, 0.25) is 0 Å². The van der Waals surface area contributed by atoms with E-state index < -0.39 is 6.09 Å². The Hall–Kier alpha value is -2.91. The molecule has 1 aliphatic heterocycles. The topological polar surface area (TPSA) is 89.5 Å². The highest BCUT2D eigenvalue weighted by Crippen LogP contribution is 2.28. The van der Waals surface area contributed by atoms with Gasteiger partial charge in [-0.3, -0.25) is 4.79 Å². The Morgan fingerprint density at radius 3 is 2.78 bits per heavy atom. The first-order chi connectivity index (χ1) is 13.2. The summed E-state index contributed by atoms with van der Waals surface area (Å²) >= 11 is 1.34. The third kappa shape index (κ3) is 5.05. The van der Waals surface area contributed by atoms with Gasteiger partial charge in [0.05, 0.1) is 31.4 Å². The number of carbonyl (C=O) groups excluding carboxylic acids is 2. The zero-order chi connectivity index (χ0) is 19.1. The first-order valence-corrected chi connectivity index (χ1v) is 9.15. The van der Waals surface area contributed by atoms with Crippen molar-refractivity contribution in [2.45, 2.75) is 0 Å². The number of morpholine rings is 1. The standard InChI is InChI=1S/C18H19N3O5S/c1-24-15-11-13(12-19-20-17(22)16-3-2-10-27-16)4-5-14(15)26-18(23)21-6-8-25-9-7-21/h2-5,10-12H,6-9H2,1H3,(H,20,22)/b19-12-. The Bertz CT molecular complexity index is 816. The van der Waals surface area contributed by atoms with Gasteiger partial charge >= 0.3 is 6.09 Å². The molecule has 3 rings (SSSR count). The van der Waals surface area contributed by atoms with Crippen LogP contribution >= 0.6 is 11.3 Å². The molecule has 0 radical (unpaired) electrons. The predicted molar refractivity (Wildman–Crippen MR) is 101 cm³/mol. The van der Waals surface area contributed by atoms with E-state index in [2.05, 4.69) is 10.5 Å². The molecule has 0 saturated carbocycles. The maximum atomic E-state index is 12.2. The molecule has 2 aromatic rings. The van der Waals surface area contributed by atoms with E-state index in [1.165, 1.54) is 24.7 Å². The van der Waals surface area contributed by atoms with Gasteiger partial charge in [-0.25, -0.2) is 10.2 Å². The van der Waals surface area contributed by atoms with Gasteiger partial charge in [0.2, 0.25) is 0 Å². The van der Waals surface area contributed by atoms with Gasteiger partial charge in [-0.1, -0.05) is 6.07 Å². The number of ether oxygens (including phenoxy) is 3. The Morgan fingerprint density at radius 1 is 1.26 bits per heavy atom. The van der Waals surface area contributed by atoms with Gasteiger partial charge in [-0.05, 0) is 35.2 Å². The molecule has 8 nitrogen and oxygen atoms in total. The number of amides is 2. The summed E-state index contributed by atoms with van der Waals surface area (Å²) in [6.07, 6.45) is 1.04. The molecule has 1 fully saturated rings. The third-order valence-electron chi connectivity index (χ3n) is 3.78. The highest BCUT2D eigenvalue weighted by Gasteiger charge is 2.20. The Balaban J connectivity index is 1.62. The van der Waals surface area contributed by atoms with E-state index >= 15 is 0 Å². The molecule has 0 atom stereocenters. The van der Waals surface area contributed by atoms with Gasteiger partial charge in [0.1, 0.15) is 0 Å². The zero-order valence-electron chi connectivity index (χ0n) is 14.7. The van der Waals surface area contributed by atoms with E-state index in [9.17, 15) is 9.59 Å². The lowest BCUT2D eigenvalue weighted by Crippen LogP contribution is -2.42. The van der Waals surface area contributed by atoms with Crippen LogP contribution in [0, 0.1) is 0 Å². The van der Waals surface area contributed by atoms with Crippen LogP contribution in [-0.2, 0) is 4.74 Å². The number of hydrogen-bond donors (Lipinski definition) is 1. The average molecular weight is 389 g/mol. The number of carbonyl (C=O) groups is 2. The van der Waals surface area contributed by atoms with Crippen molar-refractivity contribution in [1.29, 1.82) is 0 Å². The van der Waals surface area contributed by atoms with Crippen molar-refractivity contribution < 1.29 is 23.8 Å². The molecule has 1 aliphatic rings. The summed E-state index contributed by atoms with van der Waals surface area (Å²) in [7, 11) is 1.49. The molecule has 1 aromatic carbocycles. The van der Waals surface area contributed by atoms with Gasteiger partial charge in [-0.2, -0.15) is 5.10 Å². The molecule has 27 heavy (non-hydrogen) atoms. The van der Waals surface area contributed by atoms with Gasteiger partial charge in [-0.15, -0.1) is 11.3 Å². The normalized spacial score (nSPS) is 14.2. The molecule has 1 N–H and O–H groups in total. The molecular formula is C18H19N3O5S. The second-order valence-electron chi connectivity index (χ2n) is 5.55. The molecule has 9 heteroatoms. The molecule has 0 spiro atoms. The zero-order valence-corrected chi connectivity index (χ0v) is 15.5. The minimum atomic E-state index is -0.443. The smallest absolute Gasteiger partial charge is 0.415 e. The van der Waals surface area contributed by atoms with Crippen molar-refractivity contribution >= 4 is 29.6 Å². The summed E-state index contributed by atoms with van der Waals surface area (Å²) in [6.45, 7) is 1.99. The van der Waals surface area contributed by atoms with E-state index in [-0.39, 0.29) is 5.91 Å². The number of rotatable bonds is 5. The minimum Gasteiger partial charge on any atom is -0.493 e. The quantitative estimate of drug-likeness (QED) is 0.626. The number of hydrazone groups is 1. The summed E-state index contributed by atoms with van der Waals surface area (Å²) < 4.78 is 15.9. The van der Waals surface area contributed by atoms with E-state index in [1.807, 2.05) is 5.38 Å². The molecule has 1 aromatic heterocycles. The van der Waals surface area contributed by atoms with Crippen molar-refractivity contribution in [1.82, 2.24) is 10.3 Å². The fourth-order valence-electron chi connectivity index (χ4n) is 2.38. The molecule has 1 saturated heterocycles. The lowest BCUT2D eigenvalue weighted by atomic mass is 10.2. The first kappa shape index (κ1) is 18.9. The average Bonchev–Trinajstić information content (AvgIpc) is 3.24. The fourth-order valence-corrected chi connectivity index (χ4v) is 3.00. The van der Waals surface area contributed by atoms with Crippen LogP contribution in [0.4, 0.5) is 4.79 Å². The van der Waals surface area contributed by atoms with Gasteiger partial charge in [0, 0.05) is 13.1 Å². The van der Waals surface area contributed by atoms with Crippen LogP contribution in [0.1, 0.15) is 15.2 Å². The molecule has 0 unspecified atom stereocenters. The Labute approximate surface area is 160 Å². The van der Waals surface area contributed by atoms with E-state index in [4.69, 9.17) is 14.2 Å². The van der Waals surface area contributed by atoms with Gasteiger partial charge in [0.15, 0.2) is 11.5 Å². The fraction of sp³-hybridized carbons (Fsp3) is 0.278. The Kier molecular flexibility index (Phi) is 6.39. The second kappa shape index (κ2) is 9.15. The molecular weight excluding hydrogens is 370 g/mol. The molecule has 142 valence electrons. The van der Waals surface area contributed by atoms with Crippen LogP contribution < -0.4 is 14.9 Å². The lowest BCUT2D eigenvalue weighted by molar-refractivity contribution is 0.0413. The van der Waals surface area contributed by atoms with Crippen molar-refractivity contribution in [3.63, 3.8) is 0 Å². The molecule has 0 bridgehead atoms. The number of nitrogens with zero attached hydrogens (tertiary/aromatic N) is 2. The van der Waals surface area contributed by atoms with Crippen LogP contribution in [-0.4, -0.2) is 56.5 Å². The first-order valence-electron chi connectivity index (χ1n) is 8.27. The molecule has 2 amide bonds. The van der Waals surface area contributed by atoms with Crippen LogP contribution in [0.15, 0.2) is 40.8 Å². The van der Waals surface area contributed by atoms with Gasteiger partial charge < -0.3 is 19.1 Å². The summed E-state index contributed by atoms with van der Waals surface area (Å²) in [5, 5.41) is 5.75. The van der Waals surface area contributed by atoms with Crippen LogP contribution in [0.3, 0.4) is 0 Å². The number of hydrogen-bond acceptors (Lipinski definition) is 7. The van der Waals surface area contributed by atoms with Crippen molar-refractivity contribution in [2.24, 2.45) is 5.10 Å². The number of nitrogens with one attached hydrogen (secondary N) is 1. The van der Waals surface area contributed by atoms with E-state index in [0.29, 0.717) is 48.2 Å². The van der Waals surface area contributed by atoms with E-state index in [1.54, 1.807) is 35.2 Å². The summed E-state index contributed by atoms with van der Waals surface area (Å²) in [5.74, 6) is 0.434. The number of benzene rings is 1. The van der Waals surface area contributed by atoms with Gasteiger partial charge in [0.25, 0.3) is 5.91 Å². The SMILES string of the molecule is COc1cc(/C=N\NC(=O)c2cccs2)ccc1OC(=O)N1CCOCC1. The highest BCUT2D eigenvalue weighted by molar-refractivity contribution is 7.12. The minimum absolute atomic E-state index is 0.274. The summed E-state index contributed by atoms with van der Waals surface area (Å²) in [5.41, 5.74) is 3.14. The number of methoxy groups -OCH3 is 1. The lowest BCUT2D eigenvalue weighted by Gasteiger charge is -2.26. The second-order valence-corrected chi connectivity index (χ2v) is 6.50. The summed E-state index contributed by atoms with van der Waals surface area (Å²) in [4.78, 5) is 26.2. The maximum Gasteiger partial charge on any atom is 0.415 e. The molecule has 2 heterocycles. The molecule has 0 aliphatic carbocycles. The predicted octanol–water partition coefficient (Wildman–Crippen LogP) is 2.35. The van der Waals surface area contributed by atoms with E-state index in [0.717, 1.165) is 0 Å². The maximum absolute atomic E-state index is 12.2. The van der Waals surface area contributed by atoms with Crippen molar-refractivity contribution in [3.05, 3.63) is 46.2 Å². The number of thiophene rings is 1. The highest BCUT2D eigenvalue weighted by atomic mass is 32.1. The largest absolute Gasteiger partial charge is 0.493 e. The summed E-state index contributed by atoms with van der Waals surface area (Å²) in [6, 6.07) is 8.52. The van der Waals surface area contributed by atoms with Crippen LogP contribution in [0.5, 0.6) is 11.5 Å². The monoisotopic (exact) mass is 389 g/mol.